The molecule has 1 heterocycles. The van der Waals surface area contributed by atoms with Gasteiger partial charge in [-0.15, -0.1) is 0 Å². The predicted octanol–water partition coefficient (Wildman–Crippen LogP) is 1.73. The molecular weight excluding hydrogens is 324 g/mol. The lowest BCUT2D eigenvalue weighted by Gasteiger charge is -2.11. The highest BCUT2D eigenvalue weighted by atomic mass is 32.2. The lowest BCUT2D eigenvalue weighted by atomic mass is 9.98. The molecule has 1 aliphatic rings. The van der Waals surface area contributed by atoms with E-state index in [0.29, 0.717) is 30.8 Å². The van der Waals surface area contributed by atoms with Gasteiger partial charge in [0.15, 0.2) is 11.5 Å². The minimum atomic E-state index is -3.47. The summed E-state index contributed by atoms with van der Waals surface area (Å²) in [4.78, 5) is 10.6. The van der Waals surface area contributed by atoms with Crippen molar-refractivity contribution in [2.45, 2.75) is 32.1 Å². The Morgan fingerprint density at radius 1 is 1.17 bits per heavy atom. The largest absolute Gasteiger partial charge is 0.481 e. The molecule has 0 radical (unpaired) electrons. The maximum Gasteiger partial charge on any atom is 0.303 e. The summed E-state index contributed by atoms with van der Waals surface area (Å²) in [6, 6.07) is 3.71. The van der Waals surface area contributed by atoms with Crippen LogP contribution in [0.1, 0.15) is 30.4 Å². The fraction of sp³-hybridized carbons (Fsp3) is 0.533. The molecule has 1 aliphatic heterocycles. The zero-order chi connectivity index (χ0) is 16.9. The average molecular weight is 344 g/mol. The van der Waals surface area contributed by atoms with Gasteiger partial charge in [-0.05, 0) is 48.9 Å². The summed E-state index contributed by atoms with van der Waals surface area (Å²) in [5.41, 5.74) is 1.92. The van der Waals surface area contributed by atoms with Gasteiger partial charge in [0.2, 0.25) is 6.79 Å². The molecule has 23 heavy (non-hydrogen) atoms. The number of carboxylic acid groups (broad SMARTS) is 1. The van der Waals surface area contributed by atoms with E-state index in [1.165, 1.54) is 0 Å². The van der Waals surface area contributed by atoms with Crippen LogP contribution < -0.4 is 9.47 Å². The molecule has 0 saturated heterocycles. The molecule has 0 atom stereocenters. The number of ether oxygens (including phenoxy) is 2. The van der Waals surface area contributed by atoms with E-state index < -0.39 is 16.1 Å². The second kappa shape index (κ2) is 7.65. The van der Waals surface area contributed by atoms with Gasteiger partial charge >= 0.3 is 5.97 Å². The standard InChI is InChI=1S/C15H20O7S/c1-23(18,19)22-7-6-12-9-14-13(20-10-21-14)8-11(12)4-2-3-5-15(16)17/h8-9H,2-7,10H2,1H3,(H,16,17). The van der Waals surface area contributed by atoms with Crippen LogP contribution in [-0.4, -0.2) is 39.1 Å². The van der Waals surface area contributed by atoms with Crippen molar-refractivity contribution in [3.8, 4) is 11.5 Å². The third-order valence-corrected chi connectivity index (χ3v) is 4.05. The topological polar surface area (TPSA) is 99.1 Å². The quantitative estimate of drug-likeness (QED) is 0.538. The van der Waals surface area contributed by atoms with Gasteiger partial charge in [0.05, 0.1) is 12.9 Å². The molecule has 1 N–H and O–H groups in total. The van der Waals surface area contributed by atoms with Gasteiger partial charge in [-0.3, -0.25) is 8.98 Å². The average Bonchev–Trinajstić information content (AvgIpc) is 2.89. The van der Waals surface area contributed by atoms with Crippen LogP contribution in [0.5, 0.6) is 11.5 Å². The van der Waals surface area contributed by atoms with Crippen molar-refractivity contribution in [1.82, 2.24) is 0 Å². The highest BCUT2D eigenvalue weighted by Crippen LogP contribution is 2.35. The van der Waals surface area contributed by atoms with Gasteiger partial charge in [0.25, 0.3) is 10.1 Å². The molecule has 1 aromatic rings. The minimum absolute atomic E-state index is 0.0562. The van der Waals surface area contributed by atoms with Gasteiger partial charge in [-0.2, -0.15) is 8.42 Å². The monoisotopic (exact) mass is 344 g/mol. The maximum atomic E-state index is 11.0. The number of unbranched alkanes of at least 4 members (excludes halogenated alkanes) is 1. The minimum Gasteiger partial charge on any atom is -0.481 e. The zero-order valence-electron chi connectivity index (χ0n) is 12.9. The van der Waals surface area contributed by atoms with E-state index in [9.17, 15) is 13.2 Å². The van der Waals surface area contributed by atoms with Crippen molar-refractivity contribution in [2.75, 3.05) is 19.7 Å². The zero-order valence-corrected chi connectivity index (χ0v) is 13.7. The van der Waals surface area contributed by atoms with Crippen LogP contribution in [-0.2, 0) is 31.9 Å². The number of hydrogen-bond acceptors (Lipinski definition) is 6. The lowest BCUT2D eigenvalue weighted by Crippen LogP contribution is -2.07. The highest BCUT2D eigenvalue weighted by molar-refractivity contribution is 7.85. The molecule has 1 aromatic carbocycles. The Morgan fingerprint density at radius 2 is 1.78 bits per heavy atom. The molecule has 0 amide bonds. The molecule has 0 unspecified atom stereocenters. The molecule has 0 saturated carbocycles. The first kappa shape index (κ1) is 17.6. The highest BCUT2D eigenvalue weighted by Gasteiger charge is 2.17. The normalized spacial score (nSPS) is 13.3. The fourth-order valence-electron chi connectivity index (χ4n) is 2.39. The Kier molecular flexibility index (Phi) is 5.84. The number of hydrogen-bond donors (Lipinski definition) is 1. The number of aryl methyl sites for hydroxylation is 1. The van der Waals surface area contributed by atoms with Gasteiger partial charge in [0, 0.05) is 6.42 Å². The predicted molar refractivity (Wildman–Crippen MR) is 82.3 cm³/mol. The van der Waals surface area contributed by atoms with E-state index in [2.05, 4.69) is 0 Å². The Hall–Kier alpha value is -1.80. The van der Waals surface area contributed by atoms with Crippen molar-refractivity contribution < 1.29 is 32.0 Å². The fourth-order valence-corrected chi connectivity index (χ4v) is 2.77. The summed E-state index contributed by atoms with van der Waals surface area (Å²) in [7, 11) is -3.47. The van der Waals surface area contributed by atoms with Crippen LogP contribution in [0.15, 0.2) is 12.1 Å². The summed E-state index contributed by atoms with van der Waals surface area (Å²) in [5.74, 6) is 0.483. The first-order valence-corrected chi connectivity index (χ1v) is 9.14. The van der Waals surface area contributed by atoms with Crippen molar-refractivity contribution >= 4 is 16.1 Å². The van der Waals surface area contributed by atoms with E-state index in [1.807, 2.05) is 12.1 Å². The molecule has 7 nitrogen and oxygen atoms in total. The van der Waals surface area contributed by atoms with E-state index >= 15 is 0 Å². The summed E-state index contributed by atoms with van der Waals surface area (Å²) < 4.78 is 37.6. The van der Waals surface area contributed by atoms with Crippen molar-refractivity contribution in [2.24, 2.45) is 0 Å². The van der Waals surface area contributed by atoms with Crippen molar-refractivity contribution in [1.29, 1.82) is 0 Å². The Balaban J connectivity index is 2.03. The van der Waals surface area contributed by atoms with Crippen molar-refractivity contribution in [3.05, 3.63) is 23.3 Å². The lowest BCUT2D eigenvalue weighted by molar-refractivity contribution is -0.137. The van der Waals surface area contributed by atoms with Gasteiger partial charge in [-0.1, -0.05) is 0 Å². The van der Waals surface area contributed by atoms with Gasteiger partial charge in [-0.25, -0.2) is 0 Å². The number of benzene rings is 1. The Morgan fingerprint density at radius 3 is 2.35 bits per heavy atom. The summed E-state index contributed by atoms with van der Waals surface area (Å²) in [6.45, 7) is 0.220. The first-order chi connectivity index (χ1) is 10.8. The Bertz CT molecular complexity index is 667. The van der Waals surface area contributed by atoms with Crippen LogP contribution >= 0.6 is 0 Å². The van der Waals surface area contributed by atoms with Gasteiger partial charge < -0.3 is 14.6 Å². The maximum absolute atomic E-state index is 11.0. The molecule has 8 heteroatoms. The van der Waals surface area contributed by atoms with Crippen LogP contribution in [0.3, 0.4) is 0 Å². The van der Waals surface area contributed by atoms with Crippen LogP contribution in [0.2, 0.25) is 0 Å². The smallest absolute Gasteiger partial charge is 0.303 e. The molecule has 0 aromatic heterocycles. The summed E-state index contributed by atoms with van der Waals surface area (Å²) in [5, 5.41) is 8.67. The third kappa shape index (κ3) is 5.72. The number of rotatable bonds is 9. The molecule has 2 rings (SSSR count). The van der Waals surface area contributed by atoms with E-state index in [-0.39, 0.29) is 19.8 Å². The van der Waals surface area contributed by atoms with Crippen molar-refractivity contribution in [3.63, 3.8) is 0 Å². The second-order valence-electron chi connectivity index (χ2n) is 5.35. The van der Waals surface area contributed by atoms with Crippen LogP contribution in [0.4, 0.5) is 0 Å². The summed E-state index contributed by atoms with van der Waals surface area (Å²) >= 11 is 0. The Labute approximate surface area is 135 Å². The number of carboxylic acids is 1. The third-order valence-electron chi connectivity index (χ3n) is 3.45. The molecule has 0 fully saturated rings. The van der Waals surface area contributed by atoms with Gasteiger partial charge in [0.1, 0.15) is 0 Å². The van der Waals surface area contributed by atoms with E-state index in [4.69, 9.17) is 18.8 Å². The summed E-state index contributed by atoms with van der Waals surface area (Å²) in [6.07, 6.45) is 3.58. The number of aliphatic carboxylic acids is 1. The second-order valence-corrected chi connectivity index (χ2v) is 7.00. The molecular formula is C15H20O7S. The molecule has 128 valence electrons. The molecule has 0 aliphatic carbocycles. The van der Waals surface area contributed by atoms with Crippen LogP contribution in [0, 0.1) is 0 Å². The van der Waals surface area contributed by atoms with Crippen LogP contribution in [0.25, 0.3) is 0 Å². The molecule has 0 spiro atoms. The van der Waals surface area contributed by atoms with E-state index in [0.717, 1.165) is 23.8 Å². The number of fused-ring (bicyclic) bond motifs is 1. The molecule has 0 bridgehead atoms. The first-order valence-electron chi connectivity index (χ1n) is 7.33. The van der Waals surface area contributed by atoms with E-state index in [1.54, 1.807) is 0 Å². The SMILES string of the molecule is CS(=O)(=O)OCCc1cc2c(cc1CCCCC(=O)O)OCO2. The number of carbonyl (C=O) groups is 1.